The summed E-state index contributed by atoms with van der Waals surface area (Å²) in [4.78, 5) is 14.0. The predicted octanol–water partition coefficient (Wildman–Crippen LogP) is 4.76. The van der Waals surface area contributed by atoms with Crippen molar-refractivity contribution < 1.29 is 13.5 Å². The summed E-state index contributed by atoms with van der Waals surface area (Å²) in [5.41, 5.74) is 7.19. The van der Waals surface area contributed by atoms with E-state index in [4.69, 9.17) is 0 Å². The molecule has 1 aliphatic carbocycles. The number of ether oxygens (including phenoxy) is 1. The lowest BCUT2D eigenvalue weighted by atomic mass is 10.0. The molecule has 4 aromatic rings. The Morgan fingerprint density at radius 1 is 1.09 bits per heavy atom. The minimum Gasteiger partial charge on any atom is -0.435 e. The second-order valence-electron chi connectivity index (χ2n) is 9.14. The lowest BCUT2D eigenvalue weighted by molar-refractivity contribution is -0.0498. The Bertz CT molecular complexity index is 1460. The molecule has 2 aromatic heterocycles. The van der Waals surface area contributed by atoms with E-state index in [-0.39, 0.29) is 11.3 Å². The summed E-state index contributed by atoms with van der Waals surface area (Å²) in [6.45, 7) is -2.29. The van der Waals surface area contributed by atoms with Crippen LogP contribution < -0.4 is 20.7 Å². The van der Waals surface area contributed by atoms with Gasteiger partial charge in [0.05, 0.1) is 11.2 Å². The molecule has 1 N–H and O–H groups in total. The van der Waals surface area contributed by atoms with Crippen molar-refractivity contribution in [3.63, 3.8) is 0 Å². The van der Waals surface area contributed by atoms with Crippen molar-refractivity contribution in [1.82, 2.24) is 19.8 Å². The van der Waals surface area contributed by atoms with Crippen molar-refractivity contribution >= 4 is 16.7 Å². The van der Waals surface area contributed by atoms with Gasteiger partial charge in [0, 0.05) is 42.3 Å². The molecule has 2 aromatic carbocycles. The number of benzene rings is 2. The molecule has 1 aliphatic heterocycles. The Balaban J connectivity index is 1.53. The summed E-state index contributed by atoms with van der Waals surface area (Å²) >= 11 is 0. The molecule has 7 nitrogen and oxygen atoms in total. The number of nitrogens with zero attached hydrogens (tertiary/aromatic N) is 4. The van der Waals surface area contributed by atoms with Gasteiger partial charge in [-0.15, -0.1) is 0 Å². The molecule has 0 radical (unpaired) electrons. The minimum atomic E-state index is -2.90. The molecule has 180 valence electrons. The first-order valence-electron chi connectivity index (χ1n) is 11.8. The van der Waals surface area contributed by atoms with Crippen molar-refractivity contribution in [2.45, 2.75) is 44.9 Å². The highest BCUT2D eigenvalue weighted by atomic mass is 19.3. The largest absolute Gasteiger partial charge is 0.435 e. The zero-order valence-electron chi connectivity index (χ0n) is 19.2. The molecule has 3 heterocycles. The van der Waals surface area contributed by atoms with Gasteiger partial charge in [0.15, 0.2) is 0 Å². The number of nitrogens with one attached hydrogen (secondary N) is 1. The van der Waals surface area contributed by atoms with Gasteiger partial charge < -0.3 is 4.74 Å². The zero-order valence-corrected chi connectivity index (χ0v) is 19.2. The lowest BCUT2D eigenvalue weighted by Crippen LogP contribution is -2.42. The highest BCUT2D eigenvalue weighted by Crippen LogP contribution is 2.36. The predicted molar refractivity (Wildman–Crippen MR) is 130 cm³/mol. The number of rotatable bonds is 5. The summed E-state index contributed by atoms with van der Waals surface area (Å²) in [7, 11) is 1.87. The van der Waals surface area contributed by atoms with Gasteiger partial charge in [0.1, 0.15) is 11.6 Å². The summed E-state index contributed by atoms with van der Waals surface area (Å²) in [5, 5.41) is 7.51. The molecule has 0 bridgehead atoms. The summed E-state index contributed by atoms with van der Waals surface area (Å²) in [5.74, 6) is 0.869. The molecule has 0 saturated heterocycles. The topological polar surface area (TPSA) is 64.3 Å². The molecule has 2 aliphatic rings. The van der Waals surface area contributed by atoms with Crippen LogP contribution in [0.5, 0.6) is 5.75 Å². The molecule has 0 spiro atoms. The van der Waals surface area contributed by atoms with E-state index in [1.165, 1.54) is 12.1 Å². The highest BCUT2D eigenvalue weighted by Gasteiger charge is 2.32. The second kappa shape index (κ2) is 8.49. The van der Waals surface area contributed by atoms with Gasteiger partial charge in [-0.3, -0.25) is 19.1 Å². The third-order valence-corrected chi connectivity index (χ3v) is 6.86. The van der Waals surface area contributed by atoms with Gasteiger partial charge in [-0.25, -0.2) is 5.43 Å². The van der Waals surface area contributed by atoms with Crippen molar-refractivity contribution in [1.29, 1.82) is 0 Å². The second-order valence-corrected chi connectivity index (χ2v) is 9.14. The summed E-state index contributed by atoms with van der Waals surface area (Å²) in [6.07, 6.45) is 6.36. The smallest absolute Gasteiger partial charge is 0.387 e. The third-order valence-electron chi connectivity index (χ3n) is 6.86. The van der Waals surface area contributed by atoms with Crippen LogP contribution in [0, 0.1) is 0 Å². The number of hydrazine groups is 1. The van der Waals surface area contributed by atoms with Crippen molar-refractivity contribution in [3.05, 3.63) is 70.6 Å². The van der Waals surface area contributed by atoms with Crippen LogP contribution in [0.4, 0.5) is 14.6 Å². The van der Waals surface area contributed by atoms with Gasteiger partial charge in [-0.2, -0.15) is 13.9 Å². The van der Waals surface area contributed by atoms with Crippen molar-refractivity contribution in [2.75, 3.05) is 5.01 Å². The van der Waals surface area contributed by atoms with E-state index in [0.717, 1.165) is 53.5 Å². The van der Waals surface area contributed by atoms with Gasteiger partial charge in [-0.05, 0) is 60.9 Å². The maximum Gasteiger partial charge on any atom is 0.387 e. The average molecular weight is 478 g/mol. The van der Waals surface area contributed by atoms with Gasteiger partial charge in [-0.1, -0.05) is 18.9 Å². The third kappa shape index (κ3) is 3.85. The Kier molecular flexibility index (Phi) is 5.29. The SMILES string of the molecule is Cn1cc2cc(-c3cc4c(n(-c5ccc(OC(F)F)cc5)c3=O)N(C3CCCC3)NC4)ccc2n1. The Morgan fingerprint density at radius 3 is 2.60 bits per heavy atom. The van der Waals surface area contributed by atoms with Crippen LogP contribution in [0.2, 0.25) is 0 Å². The van der Waals surface area contributed by atoms with E-state index in [9.17, 15) is 13.6 Å². The molecular weight excluding hydrogens is 452 g/mol. The maximum atomic E-state index is 14.0. The monoisotopic (exact) mass is 477 g/mol. The van der Waals surface area contributed by atoms with Gasteiger partial charge in [0.2, 0.25) is 0 Å². The average Bonchev–Trinajstić information content (AvgIpc) is 3.57. The number of anilines is 1. The Hall–Kier alpha value is -3.72. The van der Waals surface area contributed by atoms with Crippen LogP contribution in [0.1, 0.15) is 31.2 Å². The molecule has 1 fully saturated rings. The number of fused-ring (bicyclic) bond motifs is 2. The van der Waals surface area contributed by atoms with Crippen LogP contribution in [0.3, 0.4) is 0 Å². The van der Waals surface area contributed by atoms with E-state index in [0.29, 0.717) is 23.8 Å². The molecule has 9 heteroatoms. The fourth-order valence-electron chi connectivity index (χ4n) is 5.30. The molecule has 1 saturated carbocycles. The quantitative estimate of drug-likeness (QED) is 0.449. The van der Waals surface area contributed by atoms with Crippen LogP contribution in [0.15, 0.2) is 59.5 Å². The number of halogens is 2. The Morgan fingerprint density at radius 2 is 1.86 bits per heavy atom. The lowest BCUT2D eigenvalue weighted by Gasteiger charge is -2.29. The highest BCUT2D eigenvalue weighted by molar-refractivity contribution is 5.84. The van der Waals surface area contributed by atoms with E-state index in [1.54, 1.807) is 21.4 Å². The molecular formula is C26H25F2N5O2. The maximum absolute atomic E-state index is 14.0. The zero-order chi connectivity index (χ0) is 24.1. The number of alkyl halides is 2. The van der Waals surface area contributed by atoms with Crippen molar-refractivity contribution in [2.24, 2.45) is 7.05 Å². The fourth-order valence-corrected chi connectivity index (χ4v) is 5.30. The van der Waals surface area contributed by atoms with Gasteiger partial charge in [0.25, 0.3) is 5.56 Å². The number of hydrogen-bond acceptors (Lipinski definition) is 5. The van der Waals surface area contributed by atoms with E-state index in [2.05, 4.69) is 20.3 Å². The van der Waals surface area contributed by atoms with E-state index in [1.807, 2.05) is 37.5 Å². The fraction of sp³-hybridized carbons (Fsp3) is 0.308. The molecule has 0 amide bonds. The summed E-state index contributed by atoms with van der Waals surface area (Å²) in [6, 6.07) is 14.3. The van der Waals surface area contributed by atoms with Crippen LogP contribution in [-0.2, 0) is 13.6 Å². The molecule has 35 heavy (non-hydrogen) atoms. The Labute approximate surface area is 200 Å². The number of aryl methyl sites for hydroxylation is 1. The van der Waals surface area contributed by atoms with Crippen LogP contribution in [0.25, 0.3) is 27.7 Å². The number of hydrogen-bond donors (Lipinski definition) is 1. The summed E-state index contributed by atoms with van der Waals surface area (Å²) < 4.78 is 33.3. The van der Waals surface area contributed by atoms with Crippen molar-refractivity contribution in [3.8, 4) is 22.6 Å². The first kappa shape index (κ1) is 21.8. The first-order chi connectivity index (χ1) is 17.0. The first-order valence-corrected chi connectivity index (χ1v) is 11.8. The van der Waals surface area contributed by atoms with E-state index < -0.39 is 6.61 Å². The van der Waals surface area contributed by atoms with Crippen LogP contribution >= 0.6 is 0 Å². The molecule has 0 unspecified atom stereocenters. The standard InChI is InChI=1S/C26H25F2N5O2/c1-31-15-18-12-16(6-11-23(18)30-31)22-13-17-14-29-33(20-4-2-3-5-20)24(17)32(25(22)34)19-7-9-21(10-8-19)35-26(27)28/h6-13,15,20,26,29H,2-5,14H2,1H3. The normalized spacial score (nSPS) is 15.9. The van der Waals surface area contributed by atoms with E-state index >= 15 is 0 Å². The molecule has 0 atom stereocenters. The number of pyridine rings is 1. The number of aromatic nitrogens is 3. The minimum absolute atomic E-state index is 0.0532. The van der Waals surface area contributed by atoms with Crippen LogP contribution in [-0.4, -0.2) is 27.0 Å². The van der Waals surface area contributed by atoms with Gasteiger partial charge >= 0.3 is 6.61 Å². The molecule has 6 rings (SSSR count).